The average Bonchev–Trinajstić information content (AvgIpc) is 2.38. The highest BCUT2D eigenvalue weighted by Gasteiger charge is 2.26. The van der Waals surface area contributed by atoms with Gasteiger partial charge in [0.15, 0.2) is 5.78 Å². The third kappa shape index (κ3) is 2.57. The smallest absolute Gasteiger partial charge is 0.196 e. The van der Waals surface area contributed by atoms with Crippen LogP contribution in [0.2, 0.25) is 0 Å². The number of nitrogens with zero attached hydrogens (tertiary/aromatic N) is 1. The predicted molar refractivity (Wildman–Crippen MR) is 77.5 cm³/mol. The molecule has 5 heteroatoms. The van der Waals surface area contributed by atoms with E-state index in [0.29, 0.717) is 23.3 Å². The van der Waals surface area contributed by atoms with Crippen LogP contribution in [0.4, 0.5) is 0 Å². The maximum atomic E-state index is 12.5. The van der Waals surface area contributed by atoms with E-state index in [4.69, 9.17) is 5.21 Å². The Morgan fingerprint density at radius 1 is 1.22 bits per heavy atom. The summed E-state index contributed by atoms with van der Waals surface area (Å²) in [6.45, 7) is 0. The zero-order valence-corrected chi connectivity index (χ0v) is 12.7. The second-order valence-corrected chi connectivity index (χ2v) is 5.80. The van der Waals surface area contributed by atoms with Crippen molar-refractivity contribution >= 4 is 43.4 Å². The zero-order valence-electron chi connectivity index (χ0n) is 9.49. The SMILES string of the molecule is O=C(C1=C(Br)CCC/C1=N\O)c1ccccc1Br. The first-order chi connectivity index (χ1) is 8.65. The van der Waals surface area contributed by atoms with E-state index in [2.05, 4.69) is 37.0 Å². The number of carbonyl (C=O) groups excluding carboxylic acids is 1. The summed E-state index contributed by atoms with van der Waals surface area (Å²) in [7, 11) is 0. The maximum absolute atomic E-state index is 12.5. The molecule has 0 unspecified atom stereocenters. The molecule has 0 heterocycles. The largest absolute Gasteiger partial charge is 0.411 e. The molecule has 0 fully saturated rings. The Morgan fingerprint density at radius 3 is 2.61 bits per heavy atom. The summed E-state index contributed by atoms with van der Waals surface area (Å²) in [5.74, 6) is -0.123. The lowest BCUT2D eigenvalue weighted by molar-refractivity contribution is 0.103. The quantitative estimate of drug-likeness (QED) is 0.478. The molecule has 0 aromatic heterocycles. The summed E-state index contributed by atoms with van der Waals surface area (Å²) in [6, 6.07) is 7.24. The fraction of sp³-hybridized carbons (Fsp3) is 0.231. The summed E-state index contributed by atoms with van der Waals surface area (Å²) >= 11 is 6.77. The second-order valence-electron chi connectivity index (χ2n) is 3.99. The molecule has 0 bridgehead atoms. The fourth-order valence-electron chi connectivity index (χ4n) is 1.95. The number of carbonyl (C=O) groups is 1. The molecule has 0 radical (unpaired) electrons. The van der Waals surface area contributed by atoms with Gasteiger partial charge in [-0.25, -0.2) is 0 Å². The van der Waals surface area contributed by atoms with Crippen LogP contribution in [0.3, 0.4) is 0 Å². The Kier molecular flexibility index (Phi) is 4.35. The number of rotatable bonds is 2. The molecule has 94 valence electrons. The van der Waals surface area contributed by atoms with Crippen molar-refractivity contribution in [1.29, 1.82) is 0 Å². The van der Waals surface area contributed by atoms with Crippen LogP contribution in [0.5, 0.6) is 0 Å². The van der Waals surface area contributed by atoms with Crippen LogP contribution < -0.4 is 0 Å². The summed E-state index contributed by atoms with van der Waals surface area (Å²) in [6.07, 6.45) is 2.30. The summed E-state index contributed by atoms with van der Waals surface area (Å²) < 4.78 is 1.55. The molecular weight excluding hydrogens is 362 g/mol. The van der Waals surface area contributed by atoms with Gasteiger partial charge in [-0.1, -0.05) is 49.1 Å². The number of hydrogen-bond acceptors (Lipinski definition) is 3. The minimum Gasteiger partial charge on any atom is -0.411 e. The van der Waals surface area contributed by atoms with Gasteiger partial charge in [0, 0.05) is 14.5 Å². The van der Waals surface area contributed by atoms with E-state index in [-0.39, 0.29) is 5.78 Å². The third-order valence-corrected chi connectivity index (χ3v) is 4.32. The van der Waals surface area contributed by atoms with Crippen molar-refractivity contribution in [2.45, 2.75) is 19.3 Å². The van der Waals surface area contributed by atoms with Crippen molar-refractivity contribution < 1.29 is 10.0 Å². The van der Waals surface area contributed by atoms with Crippen LogP contribution in [-0.2, 0) is 0 Å². The lowest BCUT2D eigenvalue weighted by atomic mass is 9.91. The van der Waals surface area contributed by atoms with E-state index in [0.717, 1.165) is 21.8 Å². The Balaban J connectivity index is 2.48. The number of allylic oxidation sites excluding steroid dienone is 2. The molecule has 1 aliphatic rings. The van der Waals surface area contributed by atoms with E-state index in [1.54, 1.807) is 6.07 Å². The van der Waals surface area contributed by atoms with Crippen molar-refractivity contribution in [2.75, 3.05) is 0 Å². The van der Waals surface area contributed by atoms with E-state index in [9.17, 15) is 4.79 Å². The van der Waals surface area contributed by atoms with Gasteiger partial charge in [-0.15, -0.1) is 0 Å². The van der Waals surface area contributed by atoms with E-state index >= 15 is 0 Å². The topological polar surface area (TPSA) is 49.7 Å². The monoisotopic (exact) mass is 371 g/mol. The number of hydrogen-bond donors (Lipinski definition) is 1. The van der Waals surface area contributed by atoms with Crippen LogP contribution in [0.25, 0.3) is 0 Å². The first kappa shape index (κ1) is 13.5. The number of ketones is 1. The molecule has 1 N–H and O–H groups in total. The van der Waals surface area contributed by atoms with Gasteiger partial charge in [0.05, 0.1) is 11.3 Å². The average molecular weight is 373 g/mol. The van der Waals surface area contributed by atoms with Gasteiger partial charge in [-0.05, 0) is 31.4 Å². The third-order valence-electron chi connectivity index (χ3n) is 2.84. The molecule has 0 saturated heterocycles. The number of Topliss-reactive ketones (excluding diaryl/α,β-unsaturated/α-hetero) is 1. The van der Waals surface area contributed by atoms with Crippen molar-refractivity contribution in [3.05, 3.63) is 44.4 Å². The van der Waals surface area contributed by atoms with E-state index < -0.39 is 0 Å². The standard InChI is InChI=1S/C13H11Br2NO2/c14-9-5-2-1-4-8(9)13(17)12-10(15)6-3-7-11(12)16-18/h1-2,4-5,18H,3,6-7H2/b16-11+. The first-order valence-electron chi connectivity index (χ1n) is 5.54. The summed E-state index contributed by atoms with van der Waals surface area (Å²) in [5, 5.41) is 12.3. The molecule has 0 atom stereocenters. The van der Waals surface area contributed by atoms with Gasteiger partial charge >= 0.3 is 0 Å². The first-order valence-corrected chi connectivity index (χ1v) is 7.13. The second kappa shape index (κ2) is 5.80. The highest BCUT2D eigenvalue weighted by atomic mass is 79.9. The molecule has 0 amide bonds. The van der Waals surface area contributed by atoms with Crippen LogP contribution in [0, 0.1) is 0 Å². The van der Waals surface area contributed by atoms with Crippen LogP contribution in [0.15, 0.2) is 43.9 Å². The Bertz CT molecular complexity index is 550. The van der Waals surface area contributed by atoms with Gasteiger partial charge < -0.3 is 5.21 Å². The zero-order chi connectivity index (χ0) is 13.1. The van der Waals surface area contributed by atoms with Crippen LogP contribution in [-0.4, -0.2) is 16.7 Å². The molecule has 3 nitrogen and oxygen atoms in total. The normalized spacial score (nSPS) is 18.2. The Hall–Kier alpha value is -0.940. The molecular formula is C13H11Br2NO2. The number of oxime groups is 1. The van der Waals surface area contributed by atoms with Crippen LogP contribution >= 0.6 is 31.9 Å². The minimum absolute atomic E-state index is 0.123. The maximum Gasteiger partial charge on any atom is 0.196 e. The van der Waals surface area contributed by atoms with Crippen LogP contribution in [0.1, 0.15) is 29.6 Å². The van der Waals surface area contributed by atoms with Gasteiger partial charge in [0.1, 0.15) is 0 Å². The molecule has 1 aliphatic carbocycles. The Labute approximate surface area is 122 Å². The van der Waals surface area contributed by atoms with Gasteiger partial charge in [-0.2, -0.15) is 0 Å². The van der Waals surface area contributed by atoms with Gasteiger partial charge in [0.25, 0.3) is 0 Å². The summed E-state index contributed by atoms with van der Waals surface area (Å²) in [4.78, 5) is 12.5. The lowest BCUT2D eigenvalue weighted by Gasteiger charge is -2.17. The Morgan fingerprint density at radius 2 is 1.94 bits per heavy atom. The molecule has 0 spiro atoms. The molecule has 2 rings (SSSR count). The highest BCUT2D eigenvalue weighted by Crippen LogP contribution is 2.31. The fourth-order valence-corrected chi connectivity index (χ4v) is 3.11. The summed E-state index contributed by atoms with van der Waals surface area (Å²) in [5.41, 5.74) is 1.51. The molecule has 1 aromatic carbocycles. The van der Waals surface area contributed by atoms with E-state index in [1.165, 1.54) is 0 Å². The number of benzene rings is 1. The molecule has 1 aromatic rings. The number of halogens is 2. The van der Waals surface area contributed by atoms with Crippen molar-refractivity contribution in [3.63, 3.8) is 0 Å². The van der Waals surface area contributed by atoms with E-state index in [1.807, 2.05) is 18.2 Å². The minimum atomic E-state index is -0.123. The van der Waals surface area contributed by atoms with Gasteiger partial charge in [-0.3, -0.25) is 4.79 Å². The highest BCUT2D eigenvalue weighted by molar-refractivity contribution is 9.11. The van der Waals surface area contributed by atoms with Crippen molar-refractivity contribution in [1.82, 2.24) is 0 Å². The molecule has 18 heavy (non-hydrogen) atoms. The predicted octanol–water partition coefficient (Wildman–Crippen LogP) is 4.29. The lowest BCUT2D eigenvalue weighted by Crippen LogP contribution is -2.18. The van der Waals surface area contributed by atoms with Gasteiger partial charge in [0.2, 0.25) is 0 Å². The van der Waals surface area contributed by atoms with Crippen molar-refractivity contribution in [2.24, 2.45) is 5.16 Å². The molecule has 0 aliphatic heterocycles. The molecule has 0 saturated carbocycles. The van der Waals surface area contributed by atoms with Crippen molar-refractivity contribution in [3.8, 4) is 0 Å².